The van der Waals surface area contributed by atoms with Crippen LogP contribution in [0.1, 0.15) is 43.7 Å². The van der Waals surface area contributed by atoms with Crippen molar-refractivity contribution in [1.29, 1.82) is 5.26 Å². The van der Waals surface area contributed by atoms with Crippen molar-refractivity contribution in [2.45, 2.75) is 45.6 Å². The Morgan fingerprint density at radius 2 is 2.12 bits per heavy atom. The van der Waals surface area contributed by atoms with Gasteiger partial charge in [-0.25, -0.2) is 4.98 Å². The Hall–Kier alpha value is -2.54. The van der Waals surface area contributed by atoms with Crippen molar-refractivity contribution in [3.05, 3.63) is 41.5 Å². The molecule has 24 heavy (non-hydrogen) atoms. The fourth-order valence-corrected chi connectivity index (χ4v) is 4.01. The number of fused-ring (bicyclic) bond motifs is 3. The van der Waals surface area contributed by atoms with E-state index in [0.29, 0.717) is 11.6 Å². The van der Waals surface area contributed by atoms with Crippen molar-refractivity contribution in [2.75, 3.05) is 11.4 Å². The van der Waals surface area contributed by atoms with Gasteiger partial charge in [-0.1, -0.05) is 19.1 Å². The molecule has 0 bridgehead atoms. The first-order valence-corrected chi connectivity index (χ1v) is 8.82. The molecule has 1 aliphatic heterocycles. The molecule has 1 aliphatic rings. The van der Waals surface area contributed by atoms with Crippen molar-refractivity contribution >= 4 is 22.5 Å². The second-order valence-electron chi connectivity index (χ2n) is 6.68. The monoisotopic (exact) mass is 318 g/mol. The minimum Gasteiger partial charge on any atom is -0.355 e. The molecule has 122 valence electrons. The molecule has 0 radical (unpaired) electrons. The van der Waals surface area contributed by atoms with Gasteiger partial charge >= 0.3 is 0 Å². The van der Waals surface area contributed by atoms with Gasteiger partial charge in [-0.15, -0.1) is 0 Å². The third kappa shape index (κ3) is 2.16. The highest BCUT2D eigenvalue weighted by molar-refractivity contribution is 5.85. The lowest BCUT2D eigenvalue weighted by atomic mass is 9.99. The number of nitrogens with zero attached hydrogens (tertiary/aromatic N) is 4. The van der Waals surface area contributed by atoms with E-state index in [2.05, 4.69) is 34.4 Å². The van der Waals surface area contributed by atoms with Gasteiger partial charge in [0.1, 0.15) is 11.9 Å². The van der Waals surface area contributed by atoms with Crippen LogP contribution in [-0.2, 0) is 0 Å². The van der Waals surface area contributed by atoms with Gasteiger partial charge in [0.05, 0.1) is 16.6 Å². The standard InChI is InChI=1S/C20H22N4/c1-3-15-8-6-7-11-23(15)19-12-14(2)16(13-21)20-22-17-9-4-5-10-18(17)24(19)20/h4-5,9-10,12,15H,3,6-8,11H2,1-2H3. The van der Waals surface area contributed by atoms with Crippen LogP contribution in [0.2, 0.25) is 0 Å². The summed E-state index contributed by atoms with van der Waals surface area (Å²) < 4.78 is 2.19. The summed E-state index contributed by atoms with van der Waals surface area (Å²) in [6.45, 7) is 5.36. The largest absolute Gasteiger partial charge is 0.355 e. The minimum absolute atomic E-state index is 0.565. The summed E-state index contributed by atoms with van der Waals surface area (Å²) in [7, 11) is 0. The van der Waals surface area contributed by atoms with Crippen LogP contribution in [0, 0.1) is 18.3 Å². The minimum atomic E-state index is 0.565. The number of rotatable bonds is 2. The van der Waals surface area contributed by atoms with E-state index in [-0.39, 0.29) is 0 Å². The van der Waals surface area contributed by atoms with E-state index in [0.717, 1.165) is 35.2 Å². The molecule has 4 rings (SSSR count). The Kier molecular flexibility index (Phi) is 3.65. The fourth-order valence-electron chi connectivity index (χ4n) is 4.01. The third-order valence-corrected chi connectivity index (χ3v) is 5.26. The summed E-state index contributed by atoms with van der Waals surface area (Å²) in [4.78, 5) is 7.29. The Bertz CT molecular complexity index is 948. The second-order valence-corrected chi connectivity index (χ2v) is 6.68. The Morgan fingerprint density at radius 1 is 1.29 bits per heavy atom. The molecule has 0 N–H and O–H groups in total. The summed E-state index contributed by atoms with van der Waals surface area (Å²) in [5.41, 5.74) is 4.51. The van der Waals surface area contributed by atoms with Crippen LogP contribution in [0.15, 0.2) is 30.3 Å². The fraction of sp³-hybridized carbons (Fsp3) is 0.400. The number of hydrogen-bond donors (Lipinski definition) is 0. The molecule has 4 nitrogen and oxygen atoms in total. The summed E-state index contributed by atoms with van der Waals surface area (Å²) in [5.74, 6) is 1.18. The van der Waals surface area contributed by atoms with Gasteiger partial charge in [0.25, 0.3) is 0 Å². The number of benzene rings is 1. The smallest absolute Gasteiger partial charge is 0.157 e. The topological polar surface area (TPSA) is 44.3 Å². The molecular weight excluding hydrogens is 296 g/mol. The number of para-hydroxylation sites is 2. The number of piperidine rings is 1. The van der Waals surface area contributed by atoms with Crippen molar-refractivity contribution in [2.24, 2.45) is 0 Å². The predicted octanol–water partition coefficient (Wildman–Crippen LogP) is 4.44. The van der Waals surface area contributed by atoms with Crippen LogP contribution >= 0.6 is 0 Å². The summed E-state index contributed by atoms with van der Waals surface area (Å²) in [5, 5.41) is 9.62. The molecule has 3 heterocycles. The molecule has 3 aromatic rings. The molecule has 2 aromatic heterocycles. The van der Waals surface area contributed by atoms with Crippen LogP contribution < -0.4 is 4.90 Å². The summed E-state index contributed by atoms with van der Waals surface area (Å²) >= 11 is 0. The highest BCUT2D eigenvalue weighted by Gasteiger charge is 2.25. The lowest BCUT2D eigenvalue weighted by molar-refractivity contribution is 0.446. The number of aromatic nitrogens is 2. The maximum Gasteiger partial charge on any atom is 0.157 e. The van der Waals surface area contributed by atoms with Crippen LogP contribution in [0.25, 0.3) is 16.7 Å². The maximum atomic E-state index is 9.62. The average Bonchev–Trinajstić information content (AvgIpc) is 3.00. The highest BCUT2D eigenvalue weighted by Crippen LogP contribution is 2.32. The molecule has 1 atom stereocenters. The van der Waals surface area contributed by atoms with Gasteiger partial charge in [0, 0.05) is 12.6 Å². The lowest BCUT2D eigenvalue weighted by Gasteiger charge is -2.37. The summed E-state index contributed by atoms with van der Waals surface area (Å²) in [6.07, 6.45) is 4.92. The molecule has 1 fully saturated rings. The molecule has 1 aromatic carbocycles. The number of aryl methyl sites for hydroxylation is 1. The number of hydrogen-bond acceptors (Lipinski definition) is 3. The van der Waals surface area contributed by atoms with Gasteiger partial charge in [0.2, 0.25) is 0 Å². The van der Waals surface area contributed by atoms with Crippen LogP contribution in [0.5, 0.6) is 0 Å². The van der Waals surface area contributed by atoms with E-state index in [1.54, 1.807) is 0 Å². The molecule has 0 spiro atoms. The SMILES string of the molecule is CCC1CCCCN1c1cc(C)c(C#N)c2nc3ccccc3n12. The summed E-state index contributed by atoms with van der Waals surface area (Å²) in [6, 6.07) is 13.3. The van der Waals surface area contributed by atoms with Gasteiger partial charge in [-0.05, 0) is 56.4 Å². The molecule has 4 heteroatoms. The lowest BCUT2D eigenvalue weighted by Crippen LogP contribution is -2.40. The van der Waals surface area contributed by atoms with Crippen LogP contribution in [-0.4, -0.2) is 22.0 Å². The van der Waals surface area contributed by atoms with Gasteiger partial charge < -0.3 is 4.90 Å². The zero-order valence-corrected chi connectivity index (χ0v) is 14.3. The molecule has 1 saturated heterocycles. The molecule has 1 unspecified atom stereocenters. The van der Waals surface area contributed by atoms with Crippen molar-refractivity contribution < 1.29 is 0 Å². The van der Waals surface area contributed by atoms with Crippen LogP contribution in [0.4, 0.5) is 5.82 Å². The van der Waals surface area contributed by atoms with Gasteiger partial charge in [0.15, 0.2) is 5.65 Å². The zero-order chi connectivity index (χ0) is 16.7. The number of anilines is 1. The quantitative estimate of drug-likeness (QED) is 0.702. The predicted molar refractivity (Wildman–Crippen MR) is 97.4 cm³/mol. The number of nitriles is 1. The van der Waals surface area contributed by atoms with E-state index >= 15 is 0 Å². The number of pyridine rings is 1. The molecule has 0 aliphatic carbocycles. The zero-order valence-electron chi connectivity index (χ0n) is 14.3. The Labute approximate surface area is 142 Å². The molecule has 0 saturated carbocycles. The first-order valence-electron chi connectivity index (χ1n) is 8.82. The molecule has 0 amide bonds. The molecular formula is C20H22N4. The average molecular weight is 318 g/mol. The van der Waals surface area contributed by atoms with Gasteiger partial charge in [-0.3, -0.25) is 4.40 Å². The first kappa shape index (κ1) is 15.0. The van der Waals surface area contributed by atoms with Gasteiger partial charge in [-0.2, -0.15) is 5.26 Å². The first-order chi connectivity index (χ1) is 11.7. The second kappa shape index (κ2) is 5.83. The normalized spacial score (nSPS) is 18.2. The van der Waals surface area contributed by atoms with E-state index < -0.39 is 0 Å². The van der Waals surface area contributed by atoms with Crippen molar-refractivity contribution in [3.8, 4) is 6.07 Å². The van der Waals surface area contributed by atoms with Crippen molar-refractivity contribution in [1.82, 2.24) is 9.38 Å². The Balaban J connectivity index is 2.06. The van der Waals surface area contributed by atoms with E-state index in [4.69, 9.17) is 4.98 Å². The third-order valence-electron chi connectivity index (χ3n) is 5.26. The Morgan fingerprint density at radius 3 is 2.92 bits per heavy atom. The maximum absolute atomic E-state index is 9.62. The van der Waals surface area contributed by atoms with E-state index in [1.807, 2.05) is 25.1 Å². The van der Waals surface area contributed by atoms with Crippen molar-refractivity contribution in [3.63, 3.8) is 0 Å². The highest BCUT2D eigenvalue weighted by atomic mass is 15.3. The number of imidazole rings is 1. The van der Waals surface area contributed by atoms with E-state index in [9.17, 15) is 5.26 Å². The van der Waals surface area contributed by atoms with Crippen LogP contribution in [0.3, 0.4) is 0 Å². The van der Waals surface area contributed by atoms with E-state index in [1.165, 1.54) is 25.1 Å².